The summed E-state index contributed by atoms with van der Waals surface area (Å²) in [7, 11) is 0. The van der Waals surface area contributed by atoms with E-state index >= 15 is 0 Å². The van der Waals surface area contributed by atoms with Crippen LogP contribution in [0.15, 0.2) is 28.9 Å². The lowest BCUT2D eigenvalue weighted by molar-refractivity contribution is -0.134. The van der Waals surface area contributed by atoms with Crippen molar-refractivity contribution in [1.82, 2.24) is 29.4 Å². The molecule has 10 nitrogen and oxygen atoms in total. The first-order valence-corrected chi connectivity index (χ1v) is 10.6. The highest BCUT2D eigenvalue weighted by atomic mass is 19.3. The molecule has 2 saturated heterocycles. The van der Waals surface area contributed by atoms with Gasteiger partial charge in [0.25, 0.3) is 6.43 Å². The van der Waals surface area contributed by atoms with Crippen molar-refractivity contribution >= 4 is 23.3 Å². The Morgan fingerprint density at radius 3 is 2.75 bits per heavy atom. The van der Waals surface area contributed by atoms with Crippen LogP contribution in [-0.4, -0.2) is 87.0 Å². The zero-order valence-electron chi connectivity index (χ0n) is 17.4. The zero-order chi connectivity index (χ0) is 22.2. The van der Waals surface area contributed by atoms with Crippen molar-refractivity contribution in [3.8, 4) is 11.6 Å². The molecule has 2 aliphatic rings. The van der Waals surface area contributed by atoms with E-state index in [1.807, 2.05) is 4.90 Å². The number of hydrogen-bond acceptors (Lipinski definition) is 8. The molecule has 2 N–H and O–H groups in total. The van der Waals surface area contributed by atoms with Gasteiger partial charge < -0.3 is 20.0 Å². The Balaban J connectivity index is 1.34. The zero-order valence-corrected chi connectivity index (χ0v) is 17.4. The van der Waals surface area contributed by atoms with Crippen LogP contribution in [0.1, 0.15) is 12.8 Å². The van der Waals surface area contributed by atoms with Crippen molar-refractivity contribution in [1.29, 1.82) is 0 Å². The van der Waals surface area contributed by atoms with Crippen molar-refractivity contribution in [3.63, 3.8) is 0 Å². The number of hydrogen-bond donors (Lipinski definition) is 1. The van der Waals surface area contributed by atoms with Crippen LogP contribution < -0.4 is 10.6 Å². The Kier molecular flexibility index (Phi) is 5.37. The van der Waals surface area contributed by atoms with Crippen LogP contribution in [0.2, 0.25) is 0 Å². The molecule has 0 bridgehead atoms. The van der Waals surface area contributed by atoms with Crippen molar-refractivity contribution in [2.24, 2.45) is 0 Å². The van der Waals surface area contributed by atoms with Gasteiger partial charge in [0.05, 0.1) is 12.8 Å². The van der Waals surface area contributed by atoms with Gasteiger partial charge >= 0.3 is 0 Å². The van der Waals surface area contributed by atoms with E-state index in [0.717, 1.165) is 6.42 Å². The first-order chi connectivity index (χ1) is 15.5. The highest BCUT2D eigenvalue weighted by molar-refractivity contribution is 5.86. The summed E-state index contributed by atoms with van der Waals surface area (Å²) >= 11 is 0. The van der Waals surface area contributed by atoms with Crippen molar-refractivity contribution in [2.45, 2.75) is 25.3 Å². The van der Waals surface area contributed by atoms with Gasteiger partial charge in [0.1, 0.15) is 11.9 Å². The molecular weight excluding hydrogens is 422 g/mol. The van der Waals surface area contributed by atoms with E-state index < -0.39 is 6.43 Å². The van der Waals surface area contributed by atoms with Gasteiger partial charge in [-0.3, -0.25) is 9.69 Å². The number of nitrogen functional groups attached to an aromatic ring is 1. The minimum atomic E-state index is -2.36. The van der Waals surface area contributed by atoms with Crippen molar-refractivity contribution in [2.75, 3.05) is 49.9 Å². The quantitative estimate of drug-likeness (QED) is 0.626. The maximum absolute atomic E-state index is 13.2. The molecule has 5 heterocycles. The Labute approximate surface area is 182 Å². The molecule has 1 amide bonds. The maximum atomic E-state index is 13.2. The van der Waals surface area contributed by atoms with Crippen LogP contribution in [0.5, 0.6) is 0 Å². The number of anilines is 2. The summed E-state index contributed by atoms with van der Waals surface area (Å²) in [5.41, 5.74) is 6.65. The molecule has 0 unspecified atom stereocenters. The fourth-order valence-corrected chi connectivity index (χ4v) is 4.41. The second kappa shape index (κ2) is 8.34. The highest BCUT2D eigenvalue weighted by Gasteiger charge is 2.36. The molecule has 0 spiro atoms. The molecular formula is C20H24F2N8O2. The van der Waals surface area contributed by atoms with Crippen LogP contribution in [0.25, 0.3) is 17.2 Å². The monoisotopic (exact) mass is 446 g/mol. The van der Waals surface area contributed by atoms with Gasteiger partial charge in [-0.1, -0.05) is 0 Å². The van der Waals surface area contributed by atoms with Crippen LogP contribution in [0, 0.1) is 0 Å². The van der Waals surface area contributed by atoms with Crippen LogP contribution >= 0.6 is 0 Å². The van der Waals surface area contributed by atoms with E-state index in [9.17, 15) is 13.6 Å². The molecule has 0 aliphatic carbocycles. The number of furan rings is 1. The predicted molar refractivity (Wildman–Crippen MR) is 112 cm³/mol. The molecule has 170 valence electrons. The van der Waals surface area contributed by atoms with Gasteiger partial charge in [0.2, 0.25) is 17.7 Å². The number of nitrogens with two attached hydrogens (primary N) is 1. The number of alkyl halides is 2. The van der Waals surface area contributed by atoms with Crippen molar-refractivity contribution < 1.29 is 18.0 Å². The normalized spacial score (nSPS) is 20.0. The minimum absolute atomic E-state index is 0.00261. The molecule has 1 atom stereocenters. The molecule has 0 saturated carbocycles. The van der Waals surface area contributed by atoms with E-state index in [2.05, 4.69) is 15.1 Å². The molecule has 32 heavy (non-hydrogen) atoms. The molecule has 3 aromatic rings. The Bertz CT molecular complexity index is 1090. The first-order valence-electron chi connectivity index (χ1n) is 10.6. The summed E-state index contributed by atoms with van der Waals surface area (Å²) in [6, 6.07) is 4.91. The number of piperazine rings is 1. The third-order valence-electron chi connectivity index (χ3n) is 5.99. The largest absolute Gasteiger partial charge is 0.461 e. The second-order valence-corrected chi connectivity index (χ2v) is 8.02. The lowest BCUT2D eigenvalue weighted by Gasteiger charge is -2.37. The predicted octanol–water partition coefficient (Wildman–Crippen LogP) is 1.34. The van der Waals surface area contributed by atoms with Crippen LogP contribution in [0.4, 0.5) is 20.5 Å². The average molecular weight is 446 g/mol. The molecule has 3 aromatic heterocycles. The third-order valence-corrected chi connectivity index (χ3v) is 5.99. The van der Waals surface area contributed by atoms with Gasteiger partial charge in [-0.15, -0.1) is 5.10 Å². The van der Waals surface area contributed by atoms with E-state index in [-0.39, 0.29) is 24.4 Å². The smallest absolute Gasteiger partial charge is 0.251 e. The Morgan fingerprint density at radius 1 is 1.22 bits per heavy atom. The number of amides is 1. The summed E-state index contributed by atoms with van der Waals surface area (Å²) in [6.07, 6.45) is 0.730. The summed E-state index contributed by atoms with van der Waals surface area (Å²) in [6.45, 7) is 2.22. The first kappa shape index (κ1) is 20.6. The van der Waals surface area contributed by atoms with Gasteiger partial charge in [0, 0.05) is 38.8 Å². The standard InChI is InChI=1S/C20H24F2N8O2/c21-15(22)12-27-6-8-28(9-7-27)19(31)13-3-1-5-29(13)16-11-17-24-18(14-4-2-10-32-14)26-30(17)20(23)25-16/h2,4,10-11,13,15H,1,3,5-9,12H2,(H2,23,25)/t13-/m0/s1. The molecule has 5 rings (SSSR count). The average Bonchev–Trinajstić information content (AvgIpc) is 3.53. The summed E-state index contributed by atoms with van der Waals surface area (Å²) in [5, 5.41) is 4.35. The highest BCUT2D eigenvalue weighted by Crippen LogP contribution is 2.28. The molecule has 2 fully saturated rings. The summed E-state index contributed by atoms with van der Waals surface area (Å²) < 4.78 is 32.0. The molecule has 2 aliphatic heterocycles. The van der Waals surface area contributed by atoms with Gasteiger partial charge in [0.15, 0.2) is 11.4 Å². The third kappa shape index (κ3) is 3.85. The number of aromatic nitrogens is 4. The Hall–Kier alpha value is -3.28. The van der Waals surface area contributed by atoms with Crippen LogP contribution in [-0.2, 0) is 4.79 Å². The van der Waals surface area contributed by atoms with E-state index in [4.69, 9.17) is 10.2 Å². The molecule has 12 heteroatoms. The number of carbonyl (C=O) groups excluding carboxylic acids is 1. The van der Waals surface area contributed by atoms with E-state index in [0.29, 0.717) is 62.2 Å². The van der Waals surface area contributed by atoms with E-state index in [1.54, 1.807) is 34.3 Å². The summed E-state index contributed by atoms with van der Waals surface area (Å²) in [4.78, 5) is 27.6. The molecule has 0 radical (unpaired) electrons. The second-order valence-electron chi connectivity index (χ2n) is 8.02. The number of carbonyl (C=O) groups is 1. The fourth-order valence-electron chi connectivity index (χ4n) is 4.41. The minimum Gasteiger partial charge on any atom is -0.461 e. The number of rotatable bonds is 5. The SMILES string of the molecule is Nc1nc(N2CCC[C@H]2C(=O)N2CCN(CC(F)F)CC2)cc2nc(-c3ccco3)nn12. The topological polar surface area (TPSA) is 109 Å². The van der Waals surface area contributed by atoms with Crippen molar-refractivity contribution in [3.05, 3.63) is 24.5 Å². The van der Waals surface area contributed by atoms with Gasteiger partial charge in [-0.25, -0.2) is 13.8 Å². The number of nitrogens with zero attached hydrogens (tertiary/aromatic N) is 7. The Morgan fingerprint density at radius 2 is 2.03 bits per heavy atom. The molecule has 0 aromatic carbocycles. The fraction of sp³-hybridized carbons (Fsp3) is 0.500. The number of fused-ring (bicyclic) bond motifs is 1. The van der Waals surface area contributed by atoms with Gasteiger partial charge in [-0.05, 0) is 25.0 Å². The van der Waals surface area contributed by atoms with Gasteiger partial charge in [-0.2, -0.15) is 9.50 Å². The van der Waals surface area contributed by atoms with E-state index in [1.165, 1.54) is 4.52 Å². The van der Waals surface area contributed by atoms with Crippen LogP contribution in [0.3, 0.4) is 0 Å². The number of halogens is 2. The lowest BCUT2D eigenvalue weighted by Crippen LogP contribution is -2.54. The maximum Gasteiger partial charge on any atom is 0.251 e. The summed E-state index contributed by atoms with van der Waals surface area (Å²) in [5.74, 6) is 1.66. The lowest BCUT2D eigenvalue weighted by atomic mass is 10.1.